The molecule has 2 fully saturated rings. The number of nitrogens with zero attached hydrogens (tertiary/aromatic N) is 1. The number of para-hydroxylation sites is 1. The molecule has 4 rings (SSSR count). The highest BCUT2D eigenvalue weighted by Gasteiger charge is 2.53. The number of fused-ring (bicyclic) bond motifs is 2. The van der Waals surface area contributed by atoms with Gasteiger partial charge in [-0.15, -0.1) is 11.8 Å². The highest BCUT2D eigenvalue weighted by Crippen LogP contribution is 2.47. The van der Waals surface area contributed by atoms with Crippen LogP contribution < -0.4 is 0 Å². The molecule has 120 valence electrons. The van der Waals surface area contributed by atoms with Gasteiger partial charge in [-0.2, -0.15) is 0 Å². The van der Waals surface area contributed by atoms with Crippen LogP contribution in [0.4, 0.5) is 0 Å². The van der Waals surface area contributed by atoms with Gasteiger partial charge in [-0.05, 0) is 25.5 Å². The van der Waals surface area contributed by atoms with E-state index in [1.165, 1.54) is 0 Å². The summed E-state index contributed by atoms with van der Waals surface area (Å²) in [6.45, 7) is 2.11. The van der Waals surface area contributed by atoms with Crippen molar-refractivity contribution in [3.63, 3.8) is 0 Å². The molecule has 1 aromatic carbocycles. The number of amides is 1. The Bertz CT molecular complexity index is 753. The predicted molar refractivity (Wildman–Crippen MR) is 86.7 cm³/mol. The lowest BCUT2D eigenvalue weighted by Crippen LogP contribution is -2.46. The van der Waals surface area contributed by atoms with E-state index in [1.807, 2.05) is 37.3 Å². The zero-order valence-corrected chi connectivity index (χ0v) is 13.6. The van der Waals surface area contributed by atoms with Gasteiger partial charge in [0.2, 0.25) is 5.91 Å². The van der Waals surface area contributed by atoms with Crippen molar-refractivity contribution in [1.29, 1.82) is 0 Å². The molecule has 2 aliphatic rings. The van der Waals surface area contributed by atoms with E-state index in [1.54, 1.807) is 16.7 Å². The molecule has 1 aromatic heterocycles. The Morgan fingerprint density at radius 3 is 3.13 bits per heavy atom. The smallest absolute Gasteiger partial charge is 0.330 e. The van der Waals surface area contributed by atoms with Gasteiger partial charge in [0.1, 0.15) is 24.0 Å². The van der Waals surface area contributed by atoms with Crippen molar-refractivity contribution in [2.45, 2.75) is 37.3 Å². The van der Waals surface area contributed by atoms with E-state index < -0.39 is 6.04 Å². The molecule has 0 aliphatic carbocycles. The molecule has 2 saturated heterocycles. The molecule has 23 heavy (non-hydrogen) atoms. The molecule has 0 N–H and O–H groups in total. The number of ether oxygens (including phenoxy) is 1. The number of furan rings is 1. The summed E-state index contributed by atoms with van der Waals surface area (Å²) >= 11 is 1.66. The van der Waals surface area contributed by atoms with Crippen LogP contribution in [0.3, 0.4) is 0 Å². The summed E-state index contributed by atoms with van der Waals surface area (Å²) < 4.78 is 11.0. The van der Waals surface area contributed by atoms with E-state index in [2.05, 4.69) is 0 Å². The van der Waals surface area contributed by atoms with E-state index >= 15 is 0 Å². The second kappa shape index (κ2) is 5.30. The van der Waals surface area contributed by atoms with Crippen LogP contribution in [0.15, 0.2) is 34.7 Å². The monoisotopic (exact) mass is 331 g/mol. The molecule has 0 bridgehead atoms. The zero-order chi connectivity index (χ0) is 16.0. The molecule has 1 amide bonds. The minimum Gasteiger partial charge on any atom is -0.457 e. The third-order valence-corrected chi connectivity index (χ3v) is 6.06. The predicted octanol–water partition coefficient (Wildman–Crippen LogP) is 2.93. The van der Waals surface area contributed by atoms with Crippen LogP contribution >= 0.6 is 11.8 Å². The first-order chi connectivity index (χ1) is 11.1. The number of rotatable bonds is 3. The summed E-state index contributed by atoms with van der Waals surface area (Å²) in [5.41, 5.74) is 0.775. The summed E-state index contributed by atoms with van der Waals surface area (Å²) in [7, 11) is 0. The zero-order valence-electron chi connectivity index (χ0n) is 12.8. The van der Waals surface area contributed by atoms with Gasteiger partial charge in [0, 0.05) is 17.6 Å². The maximum Gasteiger partial charge on any atom is 0.330 e. The van der Waals surface area contributed by atoms with Crippen molar-refractivity contribution in [2.75, 3.05) is 5.75 Å². The number of hydrogen-bond acceptors (Lipinski definition) is 5. The van der Waals surface area contributed by atoms with Crippen molar-refractivity contribution in [3.8, 4) is 0 Å². The number of thioether (sulfide) groups is 1. The summed E-state index contributed by atoms with van der Waals surface area (Å²) in [5.74, 6) is 0.905. The maximum atomic E-state index is 12.4. The Labute approximate surface area is 137 Å². The van der Waals surface area contributed by atoms with Crippen molar-refractivity contribution < 1.29 is 18.7 Å². The highest BCUT2D eigenvalue weighted by molar-refractivity contribution is 8.01. The van der Waals surface area contributed by atoms with Crippen molar-refractivity contribution in [2.24, 2.45) is 0 Å². The lowest BCUT2D eigenvalue weighted by atomic mass is 10.2. The molecule has 2 aliphatic heterocycles. The van der Waals surface area contributed by atoms with Gasteiger partial charge >= 0.3 is 5.97 Å². The average Bonchev–Trinajstić information content (AvgIpc) is 3.18. The van der Waals surface area contributed by atoms with Gasteiger partial charge in [0.05, 0.1) is 4.87 Å². The number of carbonyl (C=O) groups is 2. The van der Waals surface area contributed by atoms with Crippen molar-refractivity contribution in [3.05, 3.63) is 36.1 Å². The third-order valence-electron chi connectivity index (χ3n) is 4.55. The minimum absolute atomic E-state index is 0.0446. The van der Waals surface area contributed by atoms with Gasteiger partial charge in [-0.25, -0.2) is 4.79 Å². The van der Waals surface area contributed by atoms with Crippen molar-refractivity contribution >= 4 is 34.6 Å². The van der Waals surface area contributed by atoms with E-state index in [0.717, 1.165) is 17.4 Å². The molecule has 6 heteroatoms. The molecule has 3 heterocycles. The molecule has 2 aromatic rings. The maximum absolute atomic E-state index is 12.4. The SMILES string of the molecule is CC12CCC(=O)N1C(C(=O)OCc1cc3ccccc3o1)CS2. The lowest BCUT2D eigenvalue weighted by molar-refractivity contribution is -0.155. The van der Waals surface area contributed by atoms with Gasteiger partial charge in [0.25, 0.3) is 0 Å². The molecular weight excluding hydrogens is 314 g/mol. The second-order valence-corrected chi connectivity index (χ2v) is 7.63. The van der Waals surface area contributed by atoms with E-state index in [9.17, 15) is 9.59 Å². The molecule has 2 atom stereocenters. The lowest BCUT2D eigenvalue weighted by Gasteiger charge is -2.29. The molecule has 5 nitrogen and oxygen atoms in total. The molecule has 0 spiro atoms. The Hall–Kier alpha value is -1.95. The fraction of sp³-hybridized carbons (Fsp3) is 0.412. The normalized spacial score (nSPS) is 26.7. The van der Waals surface area contributed by atoms with Crippen LogP contribution in [0, 0.1) is 0 Å². The topological polar surface area (TPSA) is 59.8 Å². The first-order valence-electron chi connectivity index (χ1n) is 7.67. The average molecular weight is 331 g/mol. The number of hydrogen-bond donors (Lipinski definition) is 0. The summed E-state index contributed by atoms with van der Waals surface area (Å²) in [6, 6.07) is 9.05. The van der Waals surface area contributed by atoms with Crippen LogP contribution in [0.25, 0.3) is 11.0 Å². The third kappa shape index (κ3) is 2.41. The highest BCUT2D eigenvalue weighted by atomic mass is 32.2. The number of carbonyl (C=O) groups excluding carboxylic acids is 2. The summed E-state index contributed by atoms with van der Waals surface area (Å²) in [5, 5.41) is 0.984. The number of esters is 1. The first kappa shape index (κ1) is 14.6. The molecule has 2 unspecified atom stereocenters. The van der Waals surface area contributed by atoms with E-state index in [0.29, 0.717) is 17.9 Å². The van der Waals surface area contributed by atoms with Crippen LogP contribution in [-0.4, -0.2) is 33.4 Å². The second-order valence-electron chi connectivity index (χ2n) is 6.12. The van der Waals surface area contributed by atoms with E-state index in [-0.39, 0.29) is 23.4 Å². The Kier molecular flexibility index (Phi) is 3.37. The van der Waals surface area contributed by atoms with Crippen LogP contribution in [-0.2, 0) is 20.9 Å². The number of benzene rings is 1. The Morgan fingerprint density at radius 2 is 2.30 bits per heavy atom. The van der Waals surface area contributed by atoms with Gasteiger partial charge < -0.3 is 14.1 Å². The standard InChI is InChI=1S/C17H17NO4S/c1-17-7-6-15(19)18(17)13(10-23-17)16(20)21-9-12-8-11-4-2-3-5-14(11)22-12/h2-5,8,13H,6-7,9-10H2,1H3. The minimum atomic E-state index is -0.482. The quantitative estimate of drug-likeness (QED) is 0.809. The summed E-state index contributed by atoms with van der Waals surface area (Å²) in [4.78, 5) is 25.9. The first-order valence-corrected chi connectivity index (χ1v) is 8.66. The Balaban J connectivity index is 1.45. The van der Waals surface area contributed by atoms with Crippen LogP contribution in [0.5, 0.6) is 0 Å². The fourth-order valence-corrected chi connectivity index (χ4v) is 4.76. The Morgan fingerprint density at radius 1 is 1.48 bits per heavy atom. The van der Waals surface area contributed by atoms with Gasteiger partial charge in [0.15, 0.2) is 0 Å². The van der Waals surface area contributed by atoms with Crippen molar-refractivity contribution in [1.82, 2.24) is 4.90 Å². The van der Waals surface area contributed by atoms with Gasteiger partial charge in [-0.3, -0.25) is 4.79 Å². The van der Waals surface area contributed by atoms with Crippen LogP contribution in [0.2, 0.25) is 0 Å². The molecular formula is C17H17NO4S. The van der Waals surface area contributed by atoms with E-state index in [4.69, 9.17) is 9.15 Å². The molecule has 0 saturated carbocycles. The summed E-state index contributed by atoms with van der Waals surface area (Å²) in [6.07, 6.45) is 1.31. The largest absolute Gasteiger partial charge is 0.457 e. The molecule has 0 radical (unpaired) electrons. The van der Waals surface area contributed by atoms with Gasteiger partial charge in [-0.1, -0.05) is 18.2 Å². The van der Waals surface area contributed by atoms with Crippen LogP contribution in [0.1, 0.15) is 25.5 Å². The fourth-order valence-electron chi connectivity index (χ4n) is 3.34.